The van der Waals surface area contributed by atoms with Gasteiger partial charge >= 0.3 is 5.97 Å². The van der Waals surface area contributed by atoms with Gasteiger partial charge in [0.2, 0.25) is 5.95 Å². The van der Waals surface area contributed by atoms with Crippen molar-refractivity contribution in [3.05, 3.63) is 47.8 Å². The standard InChI is InChI=1S/C14H15N3O2/c1-3-19-13(18)11-8-15-14(16-9-11)17-12-7-5-4-6-10(12)2/h4-9H,3H2,1-2H3,(H,15,16,17). The van der Waals surface area contributed by atoms with Gasteiger partial charge in [0.05, 0.1) is 12.2 Å². The maximum absolute atomic E-state index is 11.4. The Hall–Kier alpha value is -2.43. The number of carbonyl (C=O) groups excluding carboxylic acids is 1. The number of anilines is 2. The van der Waals surface area contributed by atoms with Gasteiger partial charge in [-0.2, -0.15) is 0 Å². The van der Waals surface area contributed by atoms with E-state index in [4.69, 9.17) is 4.74 Å². The smallest absolute Gasteiger partial charge is 0.341 e. The van der Waals surface area contributed by atoms with Crippen molar-refractivity contribution >= 4 is 17.6 Å². The van der Waals surface area contributed by atoms with Gasteiger partial charge in [-0.05, 0) is 25.5 Å². The van der Waals surface area contributed by atoms with Crippen molar-refractivity contribution in [2.45, 2.75) is 13.8 Å². The molecule has 0 unspecified atom stereocenters. The van der Waals surface area contributed by atoms with E-state index in [2.05, 4.69) is 15.3 Å². The molecule has 1 aromatic carbocycles. The molecule has 0 aliphatic carbocycles. The summed E-state index contributed by atoms with van der Waals surface area (Å²) in [6.07, 6.45) is 2.90. The molecule has 2 rings (SSSR count). The number of hydrogen-bond acceptors (Lipinski definition) is 5. The lowest BCUT2D eigenvalue weighted by Crippen LogP contribution is -2.07. The van der Waals surface area contributed by atoms with Gasteiger partial charge in [0.1, 0.15) is 0 Å². The molecular formula is C14H15N3O2. The van der Waals surface area contributed by atoms with Crippen molar-refractivity contribution < 1.29 is 9.53 Å². The van der Waals surface area contributed by atoms with Gasteiger partial charge in [-0.15, -0.1) is 0 Å². The van der Waals surface area contributed by atoms with Crippen LogP contribution < -0.4 is 5.32 Å². The number of aryl methyl sites for hydroxylation is 1. The van der Waals surface area contributed by atoms with Crippen LogP contribution in [0.15, 0.2) is 36.7 Å². The minimum atomic E-state index is -0.412. The minimum Gasteiger partial charge on any atom is -0.462 e. The number of benzene rings is 1. The Morgan fingerprint density at radius 3 is 2.58 bits per heavy atom. The quantitative estimate of drug-likeness (QED) is 0.853. The molecule has 98 valence electrons. The average Bonchev–Trinajstić information content (AvgIpc) is 2.42. The molecule has 19 heavy (non-hydrogen) atoms. The van der Waals surface area contributed by atoms with Crippen LogP contribution in [0.4, 0.5) is 11.6 Å². The Morgan fingerprint density at radius 1 is 1.26 bits per heavy atom. The lowest BCUT2D eigenvalue weighted by atomic mass is 10.2. The predicted octanol–water partition coefficient (Wildman–Crippen LogP) is 2.71. The van der Waals surface area contributed by atoms with E-state index in [0.717, 1.165) is 11.3 Å². The van der Waals surface area contributed by atoms with Crippen LogP contribution in [0, 0.1) is 6.92 Å². The van der Waals surface area contributed by atoms with Crippen LogP contribution in [0.2, 0.25) is 0 Å². The second kappa shape index (κ2) is 5.95. The number of hydrogen-bond donors (Lipinski definition) is 1. The SMILES string of the molecule is CCOC(=O)c1cnc(Nc2ccccc2C)nc1. The molecule has 0 amide bonds. The Kier molecular flexibility index (Phi) is 4.07. The fraction of sp³-hybridized carbons (Fsp3) is 0.214. The summed E-state index contributed by atoms with van der Waals surface area (Å²) in [5.74, 6) is 0.0345. The molecule has 5 nitrogen and oxygen atoms in total. The zero-order valence-corrected chi connectivity index (χ0v) is 10.9. The monoisotopic (exact) mass is 257 g/mol. The lowest BCUT2D eigenvalue weighted by molar-refractivity contribution is 0.0525. The summed E-state index contributed by atoms with van der Waals surface area (Å²) >= 11 is 0. The number of para-hydroxylation sites is 1. The summed E-state index contributed by atoms with van der Waals surface area (Å²) in [5.41, 5.74) is 2.38. The van der Waals surface area contributed by atoms with Crippen LogP contribution in [0.25, 0.3) is 0 Å². The van der Waals surface area contributed by atoms with Crippen LogP contribution in [-0.2, 0) is 4.74 Å². The first-order valence-electron chi connectivity index (χ1n) is 6.02. The zero-order chi connectivity index (χ0) is 13.7. The third-order valence-corrected chi connectivity index (χ3v) is 2.55. The molecule has 0 aliphatic rings. The molecule has 1 aromatic heterocycles. The van der Waals surface area contributed by atoms with E-state index in [9.17, 15) is 4.79 Å². The molecule has 0 fully saturated rings. The lowest BCUT2D eigenvalue weighted by Gasteiger charge is -2.07. The summed E-state index contributed by atoms with van der Waals surface area (Å²) in [7, 11) is 0. The largest absolute Gasteiger partial charge is 0.462 e. The van der Waals surface area contributed by atoms with Crippen LogP contribution >= 0.6 is 0 Å². The zero-order valence-electron chi connectivity index (χ0n) is 10.9. The van der Waals surface area contributed by atoms with Crippen LogP contribution in [0.3, 0.4) is 0 Å². The van der Waals surface area contributed by atoms with E-state index in [1.807, 2.05) is 31.2 Å². The highest BCUT2D eigenvalue weighted by Gasteiger charge is 2.08. The molecular weight excluding hydrogens is 242 g/mol. The highest BCUT2D eigenvalue weighted by atomic mass is 16.5. The van der Waals surface area contributed by atoms with Gasteiger partial charge in [0.25, 0.3) is 0 Å². The molecule has 1 N–H and O–H groups in total. The van der Waals surface area contributed by atoms with E-state index in [0.29, 0.717) is 18.1 Å². The predicted molar refractivity (Wildman–Crippen MR) is 72.5 cm³/mol. The highest BCUT2D eigenvalue weighted by Crippen LogP contribution is 2.17. The molecule has 0 atom stereocenters. The third-order valence-electron chi connectivity index (χ3n) is 2.55. The second-order valence-electron chi connectivity index (χ2n) is 3.96. The van der Waals surface area contributed by atoms with E-state index in [1.54, 1.807) is 6.92 Å². The van der Waals surface area contributed by atoms with Gasteiger partial charge < -0.3 is 10.1 Å². The molecule has 0 saturated heterocycles. The Bertz CT molecular complexity index is 567. The fourth-order valence-electron chi connectivity index (χ4n) is 1.55. The first-order valence-corrected chi connectivity index (χ1v) is 6.02. The minimum absolute atomic E-state index is 0.335. The van der Waals surface area contributed by atoms with Crippen molar-refractivity contribution in [1.82, 2.24) is 9.97 Å². The molecule has 0 radical (unpaired) electrons. The summed E-state index contributed by atoms with van der Waals surface area (Å²) in [6, 6.07) is 7.83. The van der Waals surface area contributed by atoms with Crippen molar-refractivity contribution in [2.75, 3.05) is 11.9 Å². The van der Waals surface area contributed by atoms with Crippen molar-refractivity contribution in [3.8, 4) is 0 Å². The number of esters is 1. The molecule has 0 bridgehead atoms. The fourth-order valence-corrected chi connectivity index (χ4v) is 1.55. The van der Waals surface area contributed by atoms with Gasteiger partial charge in [-0.3, -0.25) is 0 Å². The van der Waals surface area contributed by atoms with Crippen LogP contribution in [-0.4, -0.2) is 22.5 Å². The molecule has 0 spiro atoms. The third kappa shape index (κ3) is 3.28. The first-order chi connectivity index (χ1) is 9.20. The first kappa shape index (κ1) is 13.0. The topological polar surface area (TPSA) is 64.1 Å². The Labute approximate surface area is 111 Å². The van der Waals surface area contributed by atoms with Gasteiger partial charge in [0, 0.05) is 18.1 Å². The molecule has 0 aliphatic heterocycles. The van der Waals surface area contributed by atoms with E-state index >= 15 is 0 Å². The average molecular weight is 257 g/mol. The maximum atomic E-state index is 11.4. The molecule has 2 aromatic rings. The Balaban J connectivity index is 2.11. The number of nitrogens with one attached hydrogen (secondary N) is 1. The van der Waals surface area contributed by atoms with Gasteiger partial charge in [-0.25, -0.2) is 14.8 Å². The van der Waals surface area contributed by atoms with Gasteiger partial charge in [0.15, 0.2) is 0 Å². The number of nitrogens with zero attached hydrogens (tertiary/aromatic N) is 2. The highest BCUT2D eigenvalue weighted by molar-refractivity contribution is 5.88. The maximum Gasteiger partial charge on any atom is 0.341 e. The summed E-state index contributed by atoms with van der Waals surface area (Å²) in [5, 5.41) is 3.10. The van der Waals surface area contributed by atoms with Crippen molar-refractivity contribution in [2.24, 2.45) is 0 Å². The molecule has 5 heteroatoms. The molecule has 1 heterocycles. The van der Waals surface area contributed by atoms with E-state index in [1.165, 1.54) is 12.4 Å². The number of carbonyl (C=O) groups is 1. The number of aromatic nitrogens is 2. The van der Waals surface area contributed by atoms with Crippen LogP contribution in [0.5, 0.6) is 0 Å². The van der Waals surface area contributed by atoms with E-state index in [-0.39, 0.29) is 0 Å². The number of rotatable bonds is 4. The van der Waals surface area contributed by atoms with E-state index < -0.39 is 5.97 Å². The summed E-state index contributed by atoms with van der Waals surface area (Å²) in [6.45, 7) is 4.09. The molecule has 0 saturated carbocycles. The van der Waals surface area contributed by atoms with Crippen molar-refractivity contribution in [1.29, 1.82) is 0 Å². The summed E-state index contributed by atoms with van der Waals surface area (Å²) in [4.78, 5) is 19.6. The normalized spacial score (nSPS) is 10.0. The second-order valence-corrected chi connectivity index (χ2v) is 3.96. The van der Waals surface area contributed by atoms with Gasteiger partial charge in [-0.1, -0.05) is 18.2 Å². The van der Waals surface area contributed by atoms with Crippen molar-refractivity contribution in [3.63, 3.8) is 0 Å². The number of ether oxygens (including phenoxy) is 1. The van der Waals surface area contributed by atoms with Crippen LogP contribution in [0.1, 0.15) is 22.8 Å². The summed E-state index contributed by atoms with van der Waals surface area (Å²) < 4.78 is 4.87. The Morgan fingerprint density at radius 2 is 1.95 bits per heavy atom.